The Morgan fingerprint density at radius 1 is 1.07 bits per heavy atom. The highest BCUT2D eigenvalue weighted by atomic mass is 32.2. The zero-order chi connectivity index (χ0) is 20.7. The summed E-state index contributed by atoms with van der Waals surface area (Å²) in [6.45, 7) is 5.55. The maximum atomic E-state index is 13.9. The maximum absolute atomic E-state index is 13.9. The van der Waals surface area contributed by atoms with Crippen molar-refractivity contribution in [2.45, 2.75) is 49.9 Å². The van der Waals surface area contributed by atoms with Crippen molar-refractivity contribution < 1.29 is 22.5 Å². The molecule has 0 saturated heterocycles. The van der Waals surface area contributed by atoms with Crippen LogP contribution in [0.25, 0.3) is 0 Å². The lowest BCUT2D eigenvalue weighted by Gasteiger charge is -2.25. The van der Waals surface area contributed by atoms with Gasteiger partial charge in [0.05, 0.1) is 21.6 Å². The fourth-order valence-corrected chi connectivity index (χ4v) is 4.04. The van der Waals surface area contributed by atoms with E-state index in [0.29, 0.717) is 4.90 Å². The maximum Gasteiger partial charge on any atom is 0.338 e. The molecule has 2 rings (SSSR count). The number of carbonyl (C=O) groups is 1. The fourth-order valence-electron chi connectivity index (χ4n) is 2.60. The Bertz CT molecular complexity index is 829. The zero-order valence-electron chi connectivity index (χ0n) is 16.1. The molecular formula is C22H24F2O3S. The molecule has 0 fully saturated rings. The van der Waals surface area contributed by atoms with Crippen LogP contribution in [0.3, 0.4) is 0 Å². The molecular weight excluding hydrogens is 382 g/mol. The SMILES string of the molecule is CC(C)=CC[C@H]([C@@H](OC(=O)c1ccccc1)C(F)F)[S@@](=O)c1ccc(C)cc1. The number of benzene rings is 2. The number of allylic oxidation sites excluding steroid dienone is 2. The Hall–Kier alpha value is -2.34. The molecule has 0 saturated carbocycles. The fraction of sp³-hybridized carbons (Fsp3) is 0.318. The van der Waals surface area contributed by atoms with E-state index in [1.165, 1.54) is 12.1 Å². The molecule has 0 heterocycles. The summed E-state index contributed by atoms with van der Waals surface area (Å²) in [6, 6.07) is 14.8. The van der Waals surface area contributed by atoms with Crippen LogP contribution in [0.5, 0.6) is 0 Å². The summed E-state index contributed by atoms with van der Waals surface area (Å²) in [5.74, 6) is -0.853. The first kappa shape index (κ1) is 22.0. The van der Waals surface area contributed by atoms with Crippen LogP contribution in [-0.2, 0) is 15.5 Å². The average molecular weight is 406 g/mol. The molecule has 0 N–H and O–H groups in total. The Morgan fingerprint density at radius 3 is 2.21 bits per heavy atom. The van der Waals surface area contributed by atoms with Gasteiger partial charge in [-0.1, -0.05) is 47.5 Å². The van der Waals surface area contributed by atoms with E-state index in [1.54, 1.807) is 48.5 Å². The van der Waals surface area contributed by atoms with Crippen molar-refractivity contribution in [3.8, 4) is 0 Å². The van der Waals surface area contributed by atoms with Gasteiger partial charge in [-0.2, -0.15) is 0 Å². The molecule has 0 bridgehead atoms. The van der Waals surface area contributed by atoms with Gasteiger partial charge in [0, 0.05) is 4.90 Å². The summed E-state index contributed by atoms with van der Waals surface area (Å²) in [5.41, 5.74) is 2.06. The van der Waals surface area contributed by atoms with E-state index < -0.39 is 34.5 Å². The third-order valence-electron chi connectivity index (χ3n) is 4.15. The van der Waals surface area contributed by atoms with Crippen molar-refractivity contribution in [1.82, 2.24) is 0 Å². The zero-order valence-corrected chi connectivity index (χ0v) is 16.9. The smallest absolute Gasteiger partial charge is 0.338 e. The number of ether oxygens (including phenoxy) is 1. The molecule has 0 aliphatic heterocycles. The molecule has 28 heavy (non-hydrogen) atoms. The minimum Gasteiger partial charge on any atom is -0.451 e. The van der Waals surface area contributed by atoms with Crippen molar-refractivity contribution in [1.29, 1.82) is 0 Å². The molecule has 0 aromatic heterocycles. The predicted molar refractivity (Wildman–Crippen MR) is 107 cm³/mol. The van der Waals surface area contributed by atoms with Crippen molar-refractivity contribution >= 4 is 16.8 Å². The molecule has 3 nitrogen and oxygen atoms in total. The second-order valence-corrected chi connectivity index (χ2v) is 8.41. The quantitative estimate of drug-likeness (QED) is 0.440. The Labute approximate surface area is 166 Å². The van der Waals surface area contributed by atoms with E-state index in [2.05, 4.69) is 0 Å². The minimum absolute atomic E-state index is 0.111. The van der Waals surface area contributed by atoms with Crippen LogP contribution < -0.4 is 0 Å². The van der Waals surface area contributed by atoms with Crippen molar-refractivity contribution in [2.24, 2.45) is 0 Å². The topological polar surface area (TPSA) is 43.4 Å². The van der Waals surface area contributed by atoms with Gasteiger partial charge in [0.15, 0.2) is 6.10 Å². The van der Waals surface area contributed by atoms with Crippen LogP contribution in [0.2, 0.25) is 0 Å². The first-order valence-electron chi connectivity index (χ1n) is 8.94. The minimum atomic E-state index is -2.96. The number of carbonyl (C=O) groups excluding carboxylic acids is 1. The molecule has 0 amide bonds. The molecule has 0 aliphatic carbocycles. The first-order valence-corrected chi connectivity index (χ1v) is 10.2. The summed E-state index contributed by atoms with van der Waals surface area (Å²) in [5, 5.41) is -1.06. The van der Waals surface area contributed by atoms with E-state index >= 15 is 0 Å². The number of esters is 1. The van der Waals surface area contributed by atoms with Gasteiger partial charge in [-0.3, -0.25) is 4.21 Å². The van der Waals surface area contributed by atoms with Gasteiger partial charge in [0.2, 0.25) is 0 Å². The van der Waals surface area contributed by atoms with Crippen LogP contribution in [0.15, 0.2) is 71.1 Å². The average Bonchev–Trinajstić information content (AvgIpc) is 2.67. The first-order chi connectivity index (χ1) is 13.3. The Morgan fingerprint density at radius 2 is 1.68 bits per heavy atom. The molecule has 150 valence electrons. The van der Waals surface area contributed by atoms with Crippen LogP contribution in [-0.4, -0.2) is 28.0 Å². The monoisotopic (exact) mass is 406 g/mol. The normalized spacial score (nSPS) is 14.2. The highest BCUT2D eigenvalue weighted by molar-refractivity contribution is 7.85. The number of hydrogen-bond donors (Lipinski definition) is 0. The Kier molecular flexibility index (Phi) is 8.05. The lowest BCUT2D eigenvalue weighted by Crippen LogP contribution is -2.40. The van der Waals surface area contributed by atoms with Crippen molar-refractivity contribution in [3.63, 3.8) is 0 Å². The third-order valence-corrected chi connectivity index (χ3v) is 5.90. The highest BCUT2D eigenvalue weighted by Gasteiger charge is 2.37. The van der Waals surface area contributed by atoms with Crippen LogP contribution in [0.1, 0.15) is 36.2 Å². The molecule has 2 aromatic rings. The summed E-state index contributed by atoms with van der Waals surface area (Å²) in [4.78, 5) is 12.8. The van der Waals surface area contributed by atoms with Crippen LogP contribution in [0, 0.1) is 6.92 Å². The van der Waals surface area contributed by atoms with Gasteiger partial charge in [-0.05, 0) is 51.5 Å². The molecule has 6 heteroatoms. The van der Waals surface area contributed by atoms with Crippen LogP contribution >= 0.6 is 0 Å². The lowest BCUT2D eigenvalue weighted by atomic mass is 10.1. The number of alkyl halides is 2. The van der Waals surface area contributed by atoms with E-state index in [9.17, 15) is 17.8 Å². The van der Waals surface area contributed by atoms with Gasteiger partial charge in [0.25, 0.3) is 6.43 Å². The van der Waals surface area contributed by atoms with Gasteiger partial charge < -0.3 is 4.74 Å². The van der Waals surface area contributed by atoms with E-state index in [4.69, 9.17) is 4.74 Å². The molecule has 0 unspecified atom stereocenters. The molecule has 3 atom stereocenters. The Balaban J connectivity index is 2.33. The van der Waals surface area contributed by atoms with E-state index in [1.807, 2.05) is 20.8 Å². The van der Waals surface area contributed by atoms with Gasteiger partial charge in [0.1, 0.15) is 0 Å². The van der Waals surface area contributed by atoms with Gasteiger partial charge in [-0.15, -0.1) is 0 Å². The summed E-state index contributed by atoms with van der Waals surface area (Å²) in [6.07, 6.45) is -2.90. The lowest BCUT2D eigenvalue weighted by molar-refractivity contribution is -0.0340. The second-order valence-electron chi connectivity index (χ2n) is 6.74. The van der Waals surface area contributed by atoms with Crippen LogP contribution in [0.4, 0.5) is 8.78 Å². The predicted octanol–water partition coefficient (Wildman–Crippen LogP) is 5.32. The summed E-state index contributed by atoms with van der Waals surface area (Å²) in [7, 11) is -1.77. The largest absolute Gasteiger partial charge is 0.451 e. The van der Waals surface area contributed by atoms with Gasteiger partial charge >= 0.3 is 5.97 Å². The molecule has 0 spiro atoms. The highest BCUT2D eigenvalue weighted by Crippen LogP contribution is 2.25. The second kappa shape index (κ2) is 10.3. The van der Waals surface area contributed by atoms with E-state index in [0.717, 1.165) is 11.1 Å². The third kappa shape index (κ3) is 6.09. The molecule has 2 aromatic carbocycles. The van der Waals surface area contributed by atoms with E-state index in [-0.39, 0.29) is 12.0 Å². The summed E-state index contributed by atoms with van der Waals surface area (Å²) < 4.78 is 46.0. The number of rotatable bonds is 8. The molecule has 0 aliphatic rings. The standard InChI is InChI=1S/C22H24F2O3S/c1-15(2)9-14-19(28(26)18-12-10-16(3)11-13-18)20(21(23)24)27-22(25)17-7-5-4-6-8-17/h4-13,19-21H,14H2,1-3H3/t19-,20-,28+/m1/s1. The number of halogens is 2. The van der Waals surface area contributed by atoms with Crippen molar-refractivity contribution in [2.75, 3.05) is 0 Å². The molecule has 0 radical (unpaired) electrons. The van der Waals surface area contributed by atoms with Crippen molar-refractivity contribution in [3.05, 3.63) is 77.4 Å². The van der Waals surface area contributed by atoms with Gasteiger partial charge in [-0.25, -0.2) is 13.6 Å². The number of hydrogen-bond acceptors (Lipinski definition) is 3. The number of aryl methyl sites for hydroxylation is 1. The summed E-state index contributed by atoms with van der Waals surface area (Å²) >= 11 is 0.